The number of carbonyl (C=O) groups is 1. The molecule has 69 heavy (non-hydrogen) atoms. The number of rotatable bonds is 59. The number of hydrogen-bond acceptors (Lipinski definition) is 7. The van der Waals surface area contributed by atoms with E-state index in [1.807, 2.05) is 21.1 Å². The zero-order valence-corrected chi connectivity index (χ0v) is 48.2. The Morgan fingerprint density at radius 2 is 0.667 bits per heavy atom. The van der Waals surface area contributed by atoms with E-state index in [2.05, 4.69) is 13.8 Å². The molecule has 0 aliphatic heterocycles. The number of ether oxygens (including phenoxy) is 2. The summed E-state index contributed by atoms with van der Waals surface area (Å²) >= 11 is 0. The molecule has 8 nitrogen and oxygen atoms in total. The van der Waals surface area contributed by atoms with Crippen molar-refractivity contribution >= 4 is 13.8 Å². The van der Waals surface area contributed by atoms with Crippen LogP contribution in [0.25, 0.3) is 0 Å². The van der Waals surface area contributed by atoms with E-state index in [-0.39, 0.29) is 25.8 Å². The Kier molecular flexibility index (Phi) is 53.4. The van der Waals surface area contributed by atoms with Gasteiger partial charge in [0.05, 0.1) is 34.4 Å². The monoisotopic (exact) mass is 1000 g/mol. The number of phosphoric ester groups is 1. The lowest BCUT2D eigenvalue weighted by atomic mass is 10.0. The molecule has 0 spiro atoms. The Hall–Kier alpha value is -0.500. The highest BCUT2D eigenvalue weighted by molar-refractivity contribution is 7.45. The lowest BCUT2D eigenvalue weighted by Gasteiger charge is -2.28. The molecular formula is C60H122NO7P. The quantitative estimate of drug-likeness (QED) is 0.0259. The summed E-state index contributed by atoms with van der Waals surface area (Å²) in [7, 11) is 1.38. The van der Waals surface area contributed by atoms with Gasteiger partial charge in [-0.15, -0.1) is 0 Å². The second-order valence-corrected chi connectivity index (χ2v) is 23.8. The van der Waals surface area contributed by atoms with Crippen LogP contribution in [0.1, 0.15) is 322 Å². The van der Waals surface area contributed by atoms with Crippen LogP contribution in [0.15, 0.2) is 0 Å². The number of esters is 1. The van der Waals surface area contributed by atoms with E-state index in [9.17, 15) is 14.3 Å². The van der Waals surface area contributed by atoms with Crippen molar-refractivity contribution in [2.75, 3.05) is 54.1 Å². The van der Waals surface area contributed by atoms with E-state index in [4.69, 9.17) is 18.5 Å². The molecule has 0 aromatic heterocycles. The predicted octanol–water partition coefficient (Wildman–Crippen LogP) is 18.9. The largest absolute Gasteiger partial charge is 0.756 e. The highest BCUT2D eigenvalue weighted by Crippen LogP contribution is 2.38. The summed E-state index contributed by atoms with van der Waals surface area (Å²) in [5, 5.41) is 0. The summed E-state index contributed by atoms with van der Waals surface area (Å²) < 4.78 is 34.9. The third-order valence-electron chi connectivity index (χ3n) is 14.2. The number of nitrogens with zero attached hydrogens (tertiary/aromatic N) is 1. The second-order valence-electron chi connectivity index (χ2n) is 22.4. The van der Waals surface area contributed by atoms with Gasteiger partial charge in [0.2, 0.25) is 0 Å². The van der Waals surface area contributed by atoms with E-state index in [1.54, 1.807) is 0 Å². The molecule has 0 radical (unpaired) electrons. The molecule has 0 rings (SSSR count). The lowest BCUT2D eigenvalue weighted by molar-refractivity contribution is -0.870. The molecule has 0 aromatic rings. The fourth-order valence-electron chi connectivity index (χ4n) is 9.44. The van der Waals surface area contributed by atoms with Crippen LogP contribution in [0.5, 0.6) is 0 Å². The number of unbranched alkanes of at least 4 members (excludes halogenated alkanes) is 45. The zero-order chi connectivity index (χ0) is 50.5. The Labute approximate surface area is 431 Å². The average Bonchev–Trinajstić information content (AvgIpc) is 3.31. The van der Waals surface area contributed by atoms with Gasteiger partial charge in [-0.2, -0.15) is 0 Å². The van der Waals surface area contributed by atoms with Gasteiger partial charge < -0.3 is 27.9 Å². The smallest absolute Gasteiger partial charge is 0.306 e. The maximum absolute atomic E-state index is 12.8. The molecule has 9 heteroatoms. The molecule has 0 N–H and O–H groups in total. The van der Waals surface area contributed by atoms with Gasteiger partial charge in [-0.25, -0.2) is 0 Å². The van der Waals surface area contributed by atoms with E-state index in [0.29, 0.717) is 24.1 Å². The van der Waals surface area contributed by atoms with Crippen LogP contribution in [0, 0.1) is 0 Å². The Morgan fingerprint density at radius 1 is 0.391 bits per heavy atom. The van der Waals surface area contributed by atoms with E-state index in [0.717, 1.165) is 32.1 Å². The van der Waals surface area contributed by atoms with Crippen molar-refractivity contribution < 1.29 is 37.3 Å². The van der Waals surface area contributed by atoms with Gasteiger partial charge in [0.25, 0.3) is 7.82 Å². The number of likely N-dealkylation sites (N-methyl/N-ethyl adjacent to an activating group) is 1. The molecular weight excluding hydrogens is 878 g/mol. The van der Waals surface area contributed by atoms with Crippen molar-refractivity contribution in [1.82, 2.24) is 0 Å². The topological polar surface area (TPSA) is 94.1 Å². The first-order valence-electron chi connectivity index (χ1n) is 30.8. The van der Waals surface area contributed by atoms with Crippen molar-refractivity contribution in [3.8, 4) is 0 Å². The minimum Gasteiger partial charge on any atom is -0.756 e. The van der Waals surface area contributed by atoms with Gasteiger partial charge in [0, 0.05) is 13.0 Å². The van der Waals surface area contributed by atoms with Gasteiger partial charge in [-0.1, -0.05) is 303 Å². The minimum absolute atomic E-state index is 0.0320. The van der Waals surface area contributed by atoms with Gasteiger partial charge in [-0.3, -0.25) is 9.36 Å². The third-order valence-corrected chi connectivity index (χ3v) is 15.1. The maximum Gasteiger partial charge on any atom is 0.306 e. The van der Waals surface area contributed by atoms with E-state index < -0.39 is 13.9 Å². The first-order valence-corrected chi connectivity index (χ1v) is 32.2. The first-order chi connectivity index (χ1) is 33.6. The average molecular weight is 1000 g/mol. The first kappa shape index (κ1) is 68.5. The Morgan fingerprint density at radius 3 is 0.957 bits per heavy atom. The van der Waals surface area contributed by atoms with Crippen molar-refractivity contribution in [3.63, 3.8) is 0 Å². The van der Waals surface area contributed by atoms with Crippen molar-refractivity contribution in [2.24, 2.45) is 0 Å². The minimum atomic E-state index is -4.53. The number of phosphoric acid groups is 1. The van der Waals surface area contributed by atoms with Crippen molar-refractivity contribution in [3.05, 3.63) is 0 Å². The van der Waals surface area contributed by atoms with Gasteiger partial charge in [-0.05, 0) is 12.8 Å². The maximum atomic E-state index is 12.8. The number of carbonyl (C=O) groups excluding carboxylic acids is 1. The van der Waals surface area contributed by atoms with Crippen molar-refractivity contribution in [1.29, 1.82) is 0 Å². The van der Waals surface area contributed by atoms with Crippen LogP contribution in [-0.2, 0) is 27.9 Å². The van der Waals surface area contributed by atoms with E-state index >= 15 is 0 Å². The number of hydrogen-bond donors (Lipinski definition) is 0. The molecule has 0 amide bonds. The van der Waals surface area contributed by atoms with Gasteiger partial charge >= 0.3 is 5.97 Å². The summed E-state index contributed by atoms with van der Waals surface area (Å²) in [5.74, 6) is -0.322. The van der Waals surface area contributed by atoms with Crippen LogP contribution < -0.4 is 4.89 Å². The standard InChI is InChI=1S/C60H122NO7P/c1-6-8-10-12-14-16-18-20-22-24-26-27-28-29-30-31-32-33-34-35-36-37-39-41-43-45-47-49-51-53-60(62)68-59(58-67-69(63,64)66-56-54-61(3,4)5)57-65-55-52-50-48-46-44-42-40-38-25-23-21-19-17-15-13-11-9-7-2/h59H,6-58H2,1-5H3/t59-/m1/s1. The third kappa shape index (κ3) is 58.3. The summed E-state index contributed by atoms with van der Waals surface area (Å²) in [4.78, 5) is 25.3. The molecule has 1 unspecified atom stereocenters. The molecule has 2 atom stereocenters. The van der Waals surface area contributed by atoms with Crippen LogP contribution in [0.2, 0.25) is 0 Å². The predicted molar refractivity (Wildman–Crippen MR) is 296 cm³/mol. The molecule has 0 aromatic carbocycles. The normalized spacial score (nSPS) is 13.3. The fraction of sp³-hybridized carbons (Fsp3) is 0.983. The lowest BCUT2D eigenvalue weighted by Crippen LogP contribution is -2.37. The SMILES string of the molecule is CCCCCCCCCCCCCCCCCCCCCCCCCCCCCCCC(=O)O[C@H](COCCCCCCCCCCCCCCCCCCCC)COP(=O)([O-])OCC[N+](C)(C)C. The highest BCUT2D eigenvalue weighted by atomic mass is 31.2. The number of quaternary nitrogens is 1. The van der Waals surface area contributed by atoms with Crippen LogP contribution >= 0.6 is 7.82 Å². The zero-order valence-electron chi connectivity index (χ0n) is 47.3. The van der Waals surface area contributed by atoms with Crippen LogP contribution in [-0.4, -0.2) is 70.7 Å². The second kappa shape index (κ2) is 53.8. The van der Waals surface area contributed by atoms with Crippen LogP contribution in [0.4, 0.5) is 0 Å². The molecule has 0 aliphatic rings. The van der Waals surface area contributed by atoms with Gasteiger partial charge in [0.15, 0.2) is 0 Å². The fourth-order valence-corrected chi connectivity index (χ4v) is 10.2. The molecule has 0 saturated heterocycles. The van der Waals surface area contributed by atoms with E-state index in [1.165, 1.54) is 270 Å². The Bertz CT molecular complexity index is 1070. The van der Waals surface area contributed by atoms with Crippen LogP contribution in [0.3, 0.4) is 0 Å². The summed E-state index contributed by atoms with van der Waals surface area (Å²) in [5.41, 5.74) is 0. The highest BCUT2D eigenvalue weighted by Gasteiger charge is 2.20. The molecule has 0 fully saturated rings. The summed E-state index contributed by atoms with van der Waals surface area (Å²) in [6, 6.07) is 0. The summed E-state index contributed by atoms with van der Waals surface area (Å²) in [6.07, 6.45) is 63.1. The molecule has 0 aliphatic carbocycles. The van der Waals surface area contributed by atoms with Gasteiger partial charge in [0.1, 0.15) is 19.3 Å². The molecule has 0 bridgehead atoms. The van der Waals surface area contributed by atoms with Crippen molar-refractivity contribution in [2.45, 2.75) is 328 Å². The molecule has 414 valence electrons. The molecule has 0 heterocycles. The summed E-state index contributed by atoms with van der Waals surface area (Å²) in [6.45, 7) is 5.51. The Balaban J connectivity index is 3.93. The molecule has 0 saturated carbocycles.